The Morgan fingerprint density at radius 2 is 1.67 bits per heavy atom. The molecule has 0 aromatic rings. The Bertz CT molecular complexity index is 22.8. The van der Waals surface area contributed by atoms with Crippen molar-refractivity contribution in [2.24, 2.45) is 13.9 Å². The van der Waals surface area contributed by atoms with Gasteiger partial charge in [0.25, 0.3) is 0 Å². The molecule has 0 unspecified atom stereocenters. The molecule has 0 aliphatic heterocycles. The van der Waals surface area contributed by atoms with Gasteiger partial charge in [0.2, 0.25) is 0 Å². The van der Waals surface area contributed by atoms with E-state index in [1.807, 2.05) is 0 Å². The van der Waals surface area contributed by atoms with E-state index < -0.39 is 19.1 Å². The zero-order valence-corrected chi connectivity index (χ0v) is 5.01. The van der Waals surface area contributed by atoms with Crippen LogP contribution in [0.15, 0.2) is 5.34 Å². The van der Waals surface area contributed by atoms with Gasteiger partial charge in [-0.05, 0) is 0 Å². The van der Waals surface area contributed by atoms with Crippen molar-refractivity contribution in [3.05, 3.63) is 10.1 Å². The standard InChI is InChI=1S/HNO2.2H2N.Pt/c2-1-3;;;/h(H,2,3);2*1H2;/q;2*-1;+3/p-1. The van der Waals surface area contributed by atoms with Crippen molar-refractivity contribution in [2.45, 2.75) is 0 Å². The van der Waals surface area contributed by atoms with Gasteiger partial charge in [-0.15, -0.1) is 5.34 Å². The van der Waals surface area contributed by atoms with Crippen LogP contribution in [-0.4, -0.2) is 0 Å². The van der Waals surface area contributed by atoms with Crippen LogP contribution in [0.4, 0.5) is 0 Å². The van der Waals surface area contributed by atoms with E-state index in [0.29, 0.717) is 0 Å². The molecule has 0 heterocycles. The van der Waals surface area contributed by atoms with Gasteiger partial charge in [0, 0.05) is 0 Å². The molecule has 0 spiro atoms. The molecule has 0 amide bonds. The van der Waals surface area contributed by atoms with Crippen molar-refractivity contribution in [3.8, 4) is 0 Å². The van der Waals surface area contributed by atoms with Crippen molar-refractivity contribution in [2.75, 3.05) is 0 Å². The first-order chi connectivity index (χ1) is 2.83. The summed E-state index contributed by atoms with van der Waals surface area (Å²) in [6.07, 6.45) is 0. The van der Waals surface area contributed by atoms with E-state index in [1.165, 1.54) is 0 Å². The molecular weight excluding hydrogens is 269 g/mol. The molecule has 0 aliphatic rings. The Hall–Kier alpha value is 0.00831. The topological polar surface area (TPSA) is 105 Å². The first-order valence-corrected chi connectivity index (χ1v) is 3.35. The van der Waals surface area contributed by atoms with Crippen LogP contribution >= 0.6 is 0 Å². The van der Waals surface area contributed by atoms with Crippen molar-refractivity contribution >= 4 is 0 Å². The maximum absolute atomic E-state index is 8.00. The first kappa shape index (κ1) is 9.38. The molecule has 0 atom stereocenters. The molecular formula is H4N3O2Pt. The zero-order chi connectivity index (χ0) is 5.41. The third-order valence-corrected chi connectivity index (χ3v) is 0. The number of rotatable bonds is 0. The summed E-state index contributed by atoms with van der Waals surface area (Å²) in [6.45, 7) is 0. The number of hydrogen-bond acceptors (Lipinski definition) is 5. The molecule has 0 rings (SSSR count). The molecule has 0 fully saturated rings. The summed E-state index contributed by atoms with van der Waals surface area (Å²) in [6, 6.07) is 0. The summed E-state index contributed by atoms with van der Waals surface area (Å²) >= 11 is -0.417. The van der Waals surface area contributed by atoms with Crippen molar-refractivity contribution < 1.29 is 19.1 Å². The Balaban J connectivity index is 0. The molecule has 6 heavy (non-hydrogen) atoms. The van der Waals surface area contributed by atoms with E-state index in [1.54, 1.807) is 0 Å². The minimum atomic E-state index is -0.417. The summed E-state index contributed by atoms with van der Waals surface area (Å²) in [7, 11) is 0. The molecule has 4 N–H and O–H groups in total. The summed E-state index contributed by atoms with van der Waals surface area (Å²) in [5, 5.41) is 9.00. The van der Waals surface area contributed by atoms with Gasteiger partial charge >= 0.3 is 27.6 Å². The van der Waals surface area contributed by atoms with Crippen molar-refractivity contribution in [3.63, 3.8) is 0 Å². The first-order valence-electron chi connectivity index (χ1n) is 0.730. The van der Waals surface area contributed by atoms with Crippen LogP contribution < -0.4 is 8.58 Å². The van der Waals surface area contributed by atoms with E-state index in [4.69, 9.17) is 18.7 Å². The van der Waals surface area contributed by atoms with E-state index in [-0.39, 0.29) is 0 Å². The Morgan fingerprint density at radius 3 is 1.67 bits per heavy atom. The van der Waals surface area contributed by atoms with Crippen LogP contribution in [-0.2, 0) is 19.1 Å². The fourth-order valence-electron chi connectivity index (χ4n) is 0. The predicted octanol–water partition coefficient (Wildman–Crippen LogP) is -0.933. The van der Waals surface area contributed by atoms with Gasteiger partial charge in [-0.1, -0.05) is 0 Å². The Kier molecular flexibility index (Phi) is 31.2. The molecule has 0 saturated heterocycles. The normalized spacial score (nSPS) is 5.67. The van der Waals surface area contributed by atoms with E-state index in [0.717, 1.165) is 5.34 Å². The summed E-state index contributed by atoms with van der Waals surface area (Å²) in [5.41, 5.74) is 0. The van der Waals surface area contributed by atoms with Crippen LogP contribution in [0.1, 0.15) is 0 Å². The van der Waals surface area contributed by atoms with Crippen LogP contribution in [0.2, 0.25) is 0 Å². The maximum atomic E-state index is 8.00. The molecule has 0 bridgehead atoms. The van der Waals surface area contributed by atoms with Crippen LogP contribution in [0.3, 0.4) is 0 Å². The van der Waals surface area contributed by atoms with Crippen LogP contribution in [0, 0.1) is 10.1 Å². The quantitative estimate of drug-likeness (QED) is 0.439. The summed E-state index contributed by atoms with van der Waals surface area (Å²) in [4.78, 5) is 8.00. The van der Waals surface area contributed by atoms with E-state index in [2.05, 4.69) is 0 Å². The second-order valence-electron chi connectivity index (χ2n) is 0.180. The second kappa shape index (κ2) is 20.0. The van der Waals surface area contributed by atoms with Crippen molar-refractivity contribution in [1.82, 2.24) is 0 Å². The molecule has 41 valence electrons. The zero-order valence-electron chi connectivity index (χ0n) is 2.73. The van der Waals surface area contributed by atoms with Crippen LogP contribution in [0.25, 0.3) is 0 Å². The molecule has 0 aliphatic carbocycles. The molecule has 5 nitrogen and oxygen atoms in total. The summed E-state index contributed by atoms with van der Waals surface area (Å²) < 4.78 is 9.47. The SMILES string of the molecule is O=N[O-].[NH2][Pt+][NH2]. The van der Waals surface area contributed by atoms with E-state index in [9.17, 15) is 0 Å². The van der Waals surface area contributed by atoms with E-state index >= 15 is 0 Å². The average molecular weight is 273 g/mol. The fourth-order valence-corrected chi connectivity index (χ4v) is 0. The van der Waals surface area contributed by atoms with Gasteiger partial charge in [0.05, 0.1) is 0 Å². The van der Waals surface area contributed by atoms with Crippen LogP contribution in [0.5, 0.6) is 0 Å². The molecule has 0 saturated carbocycles. The van der Waals surface area contributed by atoms with Gasteiger partial charge in [-0.2, -0.15) is 0 Å². The minimum absolute atomic E-state index is 0.417. The third-order valence-electron chi connectivity index (χ3n) is 0. The number of nitrogens with zero attached hydrogens (tertiary/aromatic N) is 1. The average Bonchev–Trinajstić information content (AvgIpc) is 1.39. The molecule has 0 aromatic carbocycles. The molecule has 0 aromatic heterocycles. The van der Waals surface area contributed by atoms with Crippen molar-refractivity contribution in [1.29, 1.82) is 0 Å². The Morgan fingerprint density at radius 1 is 1.67 bits per heavy atom. The monoisotopic (exact) mass is 273 g/mol. The second-order valence-corrected chi connectivity index (χ2v) is 0.937. The molecule has 0 radical (unpaired) electrons. The third kappa shape index (κ3) is 525000. The van der Waals surface area contributed by atoms with Gasteiger partial charge in [0.15, 0.2) is 0 Å². The number of nitrogens with two attached hydrogens (primary N) is 2. The van der Waals surface area contributed by atoms with Gasteiger partial charge in [0.1, 0.15) is 0 Å². The number of hydrogen-bond donors (Lipinski definition) is 2. The fraction of sp³-hybridized carbons (Fsp3) is 0. The van der Waals surface area contributed by atoms with Gasteiger partial charge < -0.3 is 10.1 Å². The summed E-state index contributed by atoms with van der Waals surface area (Å²) in [5.74, 6) is 0. The van der Waals surface area contributed by atoms with Gasteiger partial charge in [-0.3, -0.25) is 0 Å². The molecule has 6 heteroatoms. The predicted molar refractivity (Wildman–Crippen MR) is 17.5 cm³/mol. The Labute approximate surface area is 43.8 Å². The van der Waals surface area contributed by atoms with Gasteiger partial charge in [-0.25, -0.2) is 0 Å².